The SMILES string of the molecule is Cc1nc2ccccn2c1CN(C)C(=O)c1ccc(C(=O)C(F)(F)F)s1.O=C(O)C(F)(F)F. The number of ketones is 1. The molecule has 1 amide bonds. The van der Waals surface area contributed by atoms with E-state index in [1.54, 1.807) is 7.05 Å². The molecular formula is C19H15F6N3O4S. The van der Waals surface area contributed by atoms with E-state index in [0.717, 1.165) is 23.1 Å². The van der Waals surface area contributed by atoms with Crippen LogP contribution in [0.4, 0.5) is 26.3 Å². The summed E-state index contributed by atoms with van der Waals surface area (Å²) in [6.45, 7) is 2.06. The van der Waals surface area contributed by atoms with Crippen molar-refractivity contribution in [3.63, 3.8) is 0 Å². The van der Waals surface area contributed by atoms with Crippen LogP contribution in [0.3, 0.4) is 0 Å². The number of pyridine rings is 1. The Bertz CT molecular complexity index is 1180. The van der Waals surface area contributed by atoms with E-state index in [-0.39, 0.29) is 11.4 Å². The Morgan fingerprint density at radius 3 is 2.15 bits per heavy atom. The molecule has 178 valence electrons. The molecule has 0 spiro atoms. The fraction of sp³-hybridized carbons (Fsp3) is 0.263. The number of aliphatic carboxylic acids is 1. The first-order valence-corrected chi connectivity index (χ1v) is 9.64. The van der Waals surface area contributed by atoms with Gasteiger partial charge >= 0.3 is 18.3 Å². The molecule has 3 aromatic heterocycles. The highest BCUT2D eigenvalue weighted by molar-refractivity contribution is 7.16. The van der Waals surface area contributed by atoms with Crippen LogP contribution in [0, 0.1) is 6.92 Å². The Morgan fingerprint density at radius 1 is 1.03 bits per heavy atom. The minimum absolute atomic E-state index is 0.0755. The number of aromatic nitrogens is 2. The van der Waals surface area contributed by atoms with Gasteiger partial charge in [-0.3, -0.25) is 9.59 Å². The van der Waals surface area contributed by atoms with Gasteiger partial charge in [-0.25, -0.2) is 9.78 Å². The van der Waals surface area contributed by atoms with Crippen LogP contribution in [0.5, 0.6) is 0 Å². The van der Waals surface area contributed by atoms with Gasteiger partial charge in [0.05, 0.1) is 27.7 Å². The molecule has 0 unspecified atom stereocenters. The zero-order valence-electron chi connectivity index (χ0n) is 16.9. The van der Waals surface area contributed by atoms with E-state index < -0.39 is 34.9 Å². The molecular weight excluding hydrogens is 480 g/mol. The lowest BCUT2D eigenvalue weighted by Gasteiger charge is -2.16. The maximum atomic E-state index is 12.5. The van der Waals surface area contributed by atoms with E-state index in [0.29, 0.717) is 11.3 Å². The molecule has 0 aromatic carbocycles. The lowest BCUT2D eigenvalue weighted by Crippen LogP contribution is -2.26. The number of carbonyl (C=O) groups excluding carboxylic acids is 2. The molecule has 1 N–H and O–H groups in total. The summed E-state index contributed by atoms with van der Waals surface area (Å²) < 4.78 is 71.1. The maximum Gasteiger partial charge on any atom is 0.490 e. The minimum Gasteiger partial charge on any atom is -0.475 e. The van der Waals surface area contributed by atoms with Gasteiger partial charge in [0, 0.05) is 13.2 Å². The number of amides is 1. The van der Waals surface area contributed by atoms with Crippen LogP contribution in [0.25, 0.3) is 5.65 Å². The molecule has 3 aromatic rings. The van der Waals surface area contributed by atoms with Crippen LogP contribution < -0.4 is 0 Å². The molecule has 0 radical (unpaired) electrons. The van der Waals surface area contributed by atoms with Crippen molar-refractivity contribution < 1.29 is 45.8 Å². The molecule has 0 saturated heterocycles. The number of nitrogens with zero attached hydrogens (tertiary/aromatic N) is 3. The van der Waals surface area contributed by atoms with Crippen LogP contribution in [0.1, 0.15) is 30.7 Å². The number of carboxylic acid groups (broad SMARTS) is 1. The number of rotatable bonds is 4. The first kappa shape index (κ1) is 25.8. The second-order valence-corrected chi connectivity index (χ2v) is 7.61. The third-order valence-electron chi connectivity index (χ3n) is 4.10. The van der Waals surface area contributed by atoms with E-state index in [1.165, 1.54) is 11.0 Å². The summed E-state index contributed by atoms with van der Waals surface area (Å²) in [4.78, 5) is 38.1. The van der Waals surface area contributed by atoms with Crippen LogP contribution >= 0.6 is 11.3 Å². The molecule has 0 saturated carbocycles. The van der Waals surface area contributed by atoms with Crippen molar-refractivity contribution >= 4 is 34.6 Å². The molecule has 7 nitrogen and oxygen atoms in total. The highest BCUT2D eigenvalue weighted by Crippen LogP contribution is 2.27. The zero-order chi connectivity index (χ0) is 25.1. The van der Waals surface area contributed by atoms with Gasteiger partial charge in [-0.2, -0.15) is 26.3 Å². The second kappa shape index (κ2) is 9.60. The number of aryl methyl sites for hydroxylation is 1. The molecule has 0 aliphatic rings. The third kappa shape index (κ3) is 6.31. The largest absolute Gasteiger partial charge is 0.490 e. The number of fused-ring (bicyclic) bond motifs is 1. The van der Waals surface area contributed by atoms with Crippen molar-refractivity contribution in [2.45, 2.75) is 25.8 Å². The van der Waals surface area contributed by atoms with Crippen molar-refractivity contribution in [1.29, 1.82) is 0 Å². The van der Waals surface area contributed by atoms with E-state index in [4.69, 9.17) is 9.90 Å². The molecule has 0 atom stereocenters. The number of halogens is 6. The van der Waals surface area contributed by atoms with Crippen molar-refractivity contribution in [3.05, 3.63) is 57.7 Å². The number of carbonyl (C=O) groups is 3. The second-order valence-electron chi connectivity index (χ2n) is 6.53. The zero-order valence-corrected chi connectivity index (χ0v) is 17.7. The Hall–Kier alpha value is -3.42. The number of alkyl halides is 6. The smallest absolute Gasteiger partial charge is 0.475 e. The van der Waals surface area contributed by atoms with Crippen LogP contribution in [-0.2, 0) is 11.3 Å². The molecule has 33 heavy (non-hydrogen) atoms. The first-order valence-electron chi connectivity index (χ1n) is 8.82. The van der Waals surface area contributed by atoms with Crippen molar-refractivity contribution in [3.8, 4) is 0 Å². The van der Waals surface area contributed by atoms with E-state index in [9.17, 15) is 35.9 Å². The van der Waals surface area contributed by atoms with Crippen molar-refractivity contribution in [1.82, 2.24) is 14.3 Å². The quantitative estimate of drug-likeness (QED) is 0.429. The Balaban J connectivity index is 0.000000479. The fourth-order valence-corrected chi connectivity index (χ4v) is 3.51. The average Bonchev–Trinajstić information content (AvgIpc) is 3.31. The van der Waals surface area contributed by atoms with Gasteiger partial charge in [0.25, 0.3) is 11.7 Å². The fourth-order valence-electron chi connectivity index (χ4n) is 2.55. The third-order valence-corrected chi connectivity index (χ3v) is 5.18. The summed E-state index contributed by atoms with van der Waals surface area (Å²) >= 11 is 0.542. The highest BCUT2D eigenvalue weighted by atomic mass is 32.1. The summed E-state index contributed by atoms with van der Waals surface area (Å²) in [6, 6.07) is 7.80. The topological polar surface area (TPSA) is 92.0 Å². The number of Topliss-reactive ketones (excluding diaryl/α,β-unsaturated/α-hetero) is 1. The lowest BCUT2D eigenvalue weighted by molar-refractivity contribution is -0.192. The van der Waals surface area contributed by atoms with Gasteiger partial charge in [-0.1, -0.05) is 6.07 Å². The summed E-state index contributed by atoms with van der Waals surface area (Å²) in [5, 5.41) is 7.12. The molecule has 0 aliphatic heterocycles. The van der Waals surface area contributed by atoms with Gasteiger partial charge in [-0.05, 0) is 31.2 Å². The summed E-state index contributed by atoms with van der Waals surface area (Å²) in [5.74, 6) is -5.16. The number of hydrogen-bond acceptors (Lipinski definition) is 5. The first-order chi connectivity index (χ1) is 15.1. The number of imidazole rings is 1. The summed E-state index contributed by atoms with van der Waals surface area (Å²) in [5.41, 5.74) is 2.31. The maximum absolute atomic E-state index is 12.5. The average molecular weight is 495 g/mol. The van der Waals surface area contributed by atoms with Crippen LogP contribution in [0.15, 0.2) is 36.5 Å². The van der Waals surface area contributed by atoms with Gasteiger partial charge < -0.3 is 14.4 Å². The Labute approximate surface area is 185 Å². The summed E-state index contributed by atoms with van der Waals surface area (Å²) in [6.07, 6.45) is -8.21. The van der Waals surface area contributed by atoms with E-state index in [1.807, 2.05) is 35.7 Å². The van der Waals surface area contributed by atoms with Gasteiger partial charge in [0.1, 0.15) is 5.65 Å². The summed E-state index contributed by atoms with van der Waals surface area (Å²) in [7, 11) is 1.55. The molecule has 0 fully saturated rings. The Kier molecular flexibility index (Phi) is 7.52. The van der Waals surface area contributed by atoms with Crippen LogP contribution in [0.2, 0.25) is 0 Å². The number of hydrogen-bond donors (Lipinski definition) is 1. The number of thiophene rings is 1. The van der Waals surface area contributed by atoms with Gasteiger partial charge in [0.15, 0.2) is 0 Å². The van der Waals surface area contributed by atoms with Crippen molar-refractivity contribution in [2.75, 3.05) is 7.05 Å². The number of carboxylic acids is 1. The standard InChI is InChI=1S/C17H14F3N3O2S.C2HF3O2/c1-10-11(23-8-4-3-5-14(23)21-10)9-22(2)16(25)13-7-6-12(26-13)15(24)17(18,19)20;3-2(4,5)1(6)7/h3-8H,9H2,1-2H3;(H,6,7). The monoisotopic (exact) mass is 495 g/mol. The molecule has 3 rings (SSSR count). The van der Waals surface area contributed by atoms with Gasteiger partial charge in [0.2, 0.25) is 0 Å². The normalized spacial score (nSPS) is 11.6. The Morgan fingerprint density at radius 2 is 1.61 bits per heavy atom. The molecule has 3 heterocycles. The molecule has 0 aliphatic carbocycles. The van der Waals surface area contributed by atoms with E-state index in [2.05, 4.69) is 4.98 Å². The molecule has 0 bridgehead atoms. The highest BCUT2D eigenvalue weighted by Gasteiger charge is 2.40. The van der Waals surface area contributed by atoms with Crippen molar-refractivity contribution in [2.24, 2.45) is 0 Å². The van der Waals surface area contributed by atoms with E-state index >= 15 is 0 Å². The van der Waals surface area contributed by atoms with Crippen LogP contribution in [-0.4, -0.2) is 56.5 Å². The predicted molar refractivity (Wildman–Crippen MR) is 104 cm³/mol. The van der Waals surface area contributed by atoms with Gasteiger partial charge in [-0.15, -0.1) is 11.3 Å². The lowest BCUT2D eigenvalue weighted by atomic mass is 10.3. The minimum atomic E-state index is -5.08. The predicted octanol–water partition coefficient (Wildman–Crippen LogP) is 4.35. The molecule has 14 heteroatoms.